The zero-order valence-corrected chi connectivity index (χ0v) is 19.6. The average molecular weight is 471 g/mol. The summed E-state index contributed by atoms with van der Waals surface area (Å²) < 4.78 is 10.00. The van der Waals surface area contributed by atoms with Gasteiger partial charge < -0.3 is 10.1 Å². The Bertz CT molecular complexity index is 1540. The number of carbonyl (C=O) groups excluding carboxylic acids is 1. The summed E-state index contributed by atoms with van der Waals surface area (Å²) in [5, 5.41) is 11.9. The highest BCUT2D eigenvalue weighted by atomic mass is 16.5. The van der Waals surface area contributed by atoms with Crippen molar-refractivity contribution in [3.05, 3.63) is 83.0 Å². The molecule has 1 N–H and O–H groups in total. The summed E-state index contributed by atoms with van der Waals surface area (Å²) in [7, 11) is 0. The maximum atomic E-state index is 12.9. The molecule has 3 aromatic heterocycles. The third-order valence-corrected chi connectivity index (χ3v) is 5.74. The molecule has 0 aliphatic heterocycles. The van der Waals surface area contributed by atoms with Gasteiger partial charge in [0.1, 0.15) is 17.8 Å². The predicted octanol–water partition coefficient (Wildman–Crippen LogP) is 3.94. The largest absolute Gasteiger partial charge is 0.494 e. The third kappa shape index (κ3) is 4.65. The molecule has 9 heteroatoms. The van der Waals surface area contributed by atoms with Crippen LogP contribution in [-0.2, 0) is 11.3 Å². The molecule has 9 nitrogen and oxygen atoms in total. The van der Waals surface area contributed by atoms with Gasteiger partial charge in [0.15, 0.2) is 5.65 Å². The Morgan fingerprint density at radius 1 is 1.03 bits per heavy atom. The van der Waals surface area contributed by atoms with E-state index >= 15 is 0 Å². The maximum absolute atomic E-state index is 12.9. The molecular formula is C26H26N6O3. The number of carbonyl (C=O) groups is 1. The highest BCUT2D eigenvalue weighted by Gasteiger charge is 2.15. The molecule has 0 saturated carbocycles. The molecule has 0 bridgehead atoms. The number of aryl methyl sites for hydroxylation is 1. The van der Waals surface area contributed by atoms with E-state index in [-0.39, 0.29) is 12.5 Å². The first-order valence-corrected chi connectivity index (χ1v) is 11.6. The summed E-state index contributed by atoms with van der Waals surface area (Å²) in [4.78, 5) is 25.4. The minimum absolute atomic E-state index is 0.193. The fraction of sp³-hybridized carbons (Fsp3) is 0.231. The van der Waals surface area contributed by atoms with Crippen LogP contribution in [0.2, 0.25) is 0 Å². The number of unbranched alkanes of at least 4 members (excludes halogenated alkanes) is 1. The van der Waals surface area contributed by atoms with E-state index in [1.165, 1.54) is 4.40 Å². The van der Waals surface area contributed by atoms with Crippen LogP contribution in [0.1, 0.15) is 25.3 Å². The predicted molar refractivity (Wildman–Crippen MR) is 134 cm³/mol. The van der Waals surface area contributed by atoms with Crippen LogP contribution in [-0.4, -0.2) is 36.3 Å². The fourth-order valence-electron chi connectivity index (χ4n) is 3.81. The number of benzene rings is 2. The van der Waals surface area contributed by atoms with Gasteiger partial charge in [-0.15, -0.1) is 5.10 Å². The number of hydrogen-bond acceptors (Lipinski definition) is 5. The minimum atomic E-state index is -0.391. The Hall–Kier alpha value is -4.40. The lowest BCUT2D eigenvalue weighted by molar-refractivity contribution is -0.117. The van der Waals surface area contributed by atoms with Crippen LogP contribution in [0.5, 0.6) is 5.75 Å². The van der Waals surface area contributed by atoms with E-state index in [0.29, 0.717) is 23.5 Å². The van der Waals surface area contributed by atoms with Gasteiger partial charge in [0.2, 0.25) is 5.91 Å². The smallest absolute Gasteiger partial charge is 0.350 e. The van der Waals surface area contributed by atoms with Gasteiger partial charge in [-0.2, -0.15) is 5.10 Å². The molecule has 5 aromatic rings. The summed E-state index contributed by atoms with van der Waals surface area (Å²) >= 11 is 0. The molecule has 0 unspecified atom stereocenters. The molecule has 0 atom stereocenters. The highest BCUT2D eigenvalue weighted by Crippen LogP contribution is 2.24. The van der Waals surface area contributed by atoms with Crippen LogP contribution in [0.25, 0.3) is 22.4 Å². The fourth-order valence-corrected chi connectivity index (χ4v) is 3.81. The lowest BCUT2D eigenvalue weighted by Gasteiger charge is -2.05. The van der Waals surface area contributed by atoms with Crippen molar-refractivity contribution in [2.24, 2.45) is 0 Å². The number of ether oxygens (including phenoxy) is 1. The second-order valence-electron chi connectivity index (χ2n) is 8.43. The molecule has 35 heavy (non-hydrogen) atoms. The van der Waals surface area contributed by atoms with Crippen molar-refractivity contribution in [2.45, 2.75) is 33.2 Å². The maximum Gasteiger partial charge on any atom is 0.350 e. The van der Waals surface area contributed by atoms with Gasteiger partial charge in [-0.25, -0.2) is 18.4 Å². The Balaban J connectivity index is 1.40. The first-order chi connectivity index (χ1) is 17.0. The molecule has 1 amide bonds. The van der Waals surface area contributed by atoms with E-state index in [4.69, 9.17) is 4.74 Å². The molecule has 0 radical (unpaired) electrons. The van der Waals surface area contributed by atoms with Crippen LogP contribution >= 0.6 is 0 Å². The van der Waals surface area contributed by atoms with Gasteiger partial charge in [-0.3, -0.25) is 4.79 Å². The van der Waals surface area contributed by atoms with Crippen LogP contribution in [0.4, 0.5) is 5.69 Å². The molecule has 0 aliphatic carbocycles. The van der Waals surface area contributed by atoms with E-state index < -0.39 is 5.69 Å². The number of amides is 1. The summed E-state index contributed by atoms with van der Waals surface area (Å²) in [5.41, 5.74) is 4.14. The van der Waals surface area contributed by atoms with Gasteiger partial charge in [0.25, 0.3) is 0 Å². The molecule has 0 saturated heterocycles. The van der Waals surface area contributed by atoms with Crippen molar-refractivity contribution in [1.29, 1.82) is 0 Å². The third-order valence-electron chi connectivity index (χ3n) is 5.74. The zero-order valence-electron chi connectivity index (χ0n) is 19.6. The van der Waals surface area contributed by atoms with Crippen LogP contribution in [0.15, 0.2) is 71.8 Å². The summed E-state index contributed by atoms with van der Waals surface area (Å²) in [6.07, 6.45) is 5.41. The minimum Gasteiger partial charge on any atom is -0.494 e. The van der Waals surface area contributed by atoms with E-state index in [0.717, 1.165) is 40.1 Å². The molecule has 3 heterocycles. The number of aromatic nitrogens is 5. The highest BCUT2D eigenvalue weighted by molar-refractivity contribution is 5.90. The summed E-state index contributed by atoms with van der Waals surface area (Å²) in [6.45, 7) is 4.61. The molecule has 0 fully saturated rings. The standard InChI is InChI=1S/C26H26N6O3/c1-3-4-15-35-21-11-7-19(8-12-21)22-16-23-25-29-32(26(34)30(25)13-14-31(23)28-22)17-24(33)27-20-9-5-18(2)6-10-20/h5-14,16H,3-4,15,17H2,1-2H3,(H,27,33). The van der Waals surface area contributed by atoms with Crippen molar-refractivity contribution < 1.29 is 9.53 Å². The summed E-state index contributed by atoms with van der Waals surface area (Å²) in [6, 6.07) is 17.1. The molecular weight excluding hydrogens is 444 g/mol. The van der Waals surface area contributed by atoms with Crippen LogP contribution in [0.3, 0.4) is 0 Å². The topological polar surface area (TPSA) is 94.9 Å². The quantitative estimate of drug-likeness (QED) is 0.347. The van der Waals surface area contributed by atoms with E-state index in [9.17, 15) is 9.59 Å². The summed E-state index contributed by atoms with van der Waals surface area (Å²) in [5.74, 6) is 0.494. The SMILES string of the molecule is CCCCOc1ccc(-c2cc3c4nn(CC(=O)Nc5ccc(C)cc5)c(=O)n4ccn3n2)cc1. The Labute approximate surface area is 201 Å². The number of anilines is 1. The van der Waals surface area contributed by atoms with E-state index in [2.05, 4.69) is 22.4 Å². The van der Waals surface area contributed by atoms with E-state index in [1.807, 2.05) is 61.5 Å². The molecule has 0 aliphatic rings. The average Bonchev–Trinajstić information content (AvgIpc) is 3.43. The van der Waals surface area contributed by atoms with Crippen molar-refractivity contribution in [2.75, 3.05) is 11.9 Å². The van der Waals surface area contributed by atoms with Crippen molar-refractivity contribution in [3.63, 3.8) is 0 Å². The van der Waals surface area contributed by atoms with Crippen molar-refractivity contribution in [3.8, 4) is 17.0 Å². The van der Waals surface area contributed by atoms with Crippen molar-refractivity contribution in [1.82, 2.24) is 23.8 Å². The van der Waals surface area contributed by atoms with Crippen LogP contribution in [0, 0.1) is 6.92 Å². The molecule has 2 aromatic carbocycles. The second-order valence-corrected chi connectivity index (χ2v) is 8.43. The molecule has 178 valence electrons. The normalized spacial score (nSPS) is 11.3. The zero-order chi connectivity index (χ0) is 24.4. The monoisotopic (exact) mass is 470 g/mol. The molecule has 5 rings (SSSR count). The van der Waals surface area contributed by atoms with Gasteiger partial charge in [-0.05, 0) is 55.8 Å². The number of hydrogen-bond donors (Lipinski definition) is 1. The Morgan fingerprint density at radius 2 is 1.80 bits per heavy atom. The lowest BCUT2D eigenvalue weighted by atomic mass is 10.1. The number of nitrogens with zero attached hydrogens (tertiary/aromatic N) is 5. The second kappa shape index (κ2) is 9.46. The van der Waals surface area contributed by atoms with Gasteiger partial charge in [0, 0.05) is 23.6 Å². The van der Waals surface area contributed by atoms with Gasteiger partial charge in [-0.1, -0.05) is 31.0 Å². The first-order valence-electron chi connectivity index (χ1n) is 11.6. The Kier molecular flexibility index (Phi) is 6.05. The first kappa shape index (κ1) is 22.4. The van der Waals surface area contributed by atoms with E-state index in [1.54, 1.807) is 16.9 Å². The number of nitrogens with one attached hydrogen (secondary N) is 1. The van der Waals surface area contributed by atoms with Gasteiger partial charge in [0.05, 0.1) is 12.3 Å². The van der Waals surface area contributed by atoms with Crippen molar-refractivity contribution >= 4 is 22.8 Å². The number of fused-ring (bicyclic) bond motifs is 3. The van der Waals surface area contributed by atoms with Gasteiger partial charge >= 0.3 is 5.69 Å². The molecule has 0 spiro atoms. The Morgan fingerprint density at radius 3 is 2.54 bits per heavy atom. The number of rotatable bonds is 8. The van der Waals surface area contributed by atoms with Crippen LogP contribution < -0.4 is 15.7 Å². The lowest BCUT2D eigenvalue weighted by Crippen LogP contribution is -2.28.